The molecule has 1 aromatic rings. The van der Waals surface area contributed by atoms with E-state index in [1.54, 1.807) is 7.11 Å². The quantitative estimate of drug-likeness (QED) is 0.841. The SMILES string of the molecule is COc1ccc(Br)cc1CCN(C)C(=O)C(N)=O. The van der Waals surface area contributed by atoms with Crippen molar-refractivity contribution < 1.29 is 14.3 Å². The Morgan fingerprint density at radius 3 is 2.67 bits per heavy atom. The van der Waals surface area contributed by atoms with Crippen LogP contribution in [0.2, 0.25) is 0 Å². The van der Waals surface area contributed by atoms with Gasteiger partial charge in [0.15, 0.2) is 0 Å². The maximum Gasteiger partial charge on any atom is 0.311 e. The predicted molar refractivity (Wildman–Crippen MR) is 71.2 cm³/mol. The summed E-state index contributed by atoms with van der Waals surface area (Å²) < 4.78 is 6.16. The number of amides is 2. The van der Waals surface area contributed by atoms with Crippen LogP contribution in [0.1, 0.15) is 5.56 Å². The first-order valence-electron chi connectivity index (χ1n) is 5.33. The third-order valence-electron chi connectivity index (χ3n) is 2.52. The van der Waals surface area contributed by atoms with Crippen LogP contribution in [0, 0.1) is 0 Å². The number of rotatable bonds is 4. The van der Waals surface area contributed by atoms with Crippen molar-refractivity contribution in [1.82, 2.24) is 4.90 Å². The second-order valence-corrected chi connectivity index (χ2v) is 4.71. The van der Waals surface area contributed by atoms with Crippen molar-refractivity contribution in [2.45, 2.75) is 6.42 Å². The van der Waals surface area contributed by atoms with E-state index < -0.39 is 11.8 Å². The summed E-state index contributed by atoms with van der Waals surface area (Å²) in [5.41, 5.74) is 5.88. The van der Waals surface area contributed by atoms with Crippen molar-refractivity contribution in [2.24, 2.45) is 5.73 Å². The topological polar surface area (TPSA) is 72.6 Å². The maximum absolute atomic E-state index is 11.3. The Morgan fingerprint density at radius 2 is 2.11 bits per heavy atom. The minimum Gasteiger partial charge on any atom is -0.496 e. The van der Waals surface area contributed by atoms with Gasteiger partial charge >= 0.3 is 11.8 Å². The molecule has 0 atom stereocenters. The second kappa shape index (κ2) is 6.39. The van der Waals surface area contributed by atoms with Crippen LogP contribution in [0.15, 0.2) is 22.7 Å². The van der Waals surface area contributed by atoms with E-state index in [9.17, 15) is 9.59 Å². The van der Waals surface area contributed by atoms with Gasteiger partial charge in [-0.1, -0.05) is 15.9 Å². The molecule has 0 heterocycles. The van der Waals surface area contributed by atoms with Crippen LogP contribution >= 0.6 is 15.9 Å². The molecule has 0 saturated heterocycles. The van der Waals surface area contributed by atoms with Gasteiger partial charge in [-0.15, -0.1) is 0 Å². The number of halogens is 1. The van der Waals surface area contributed by atoms with Crippen molar-refractivity contribution in [2.75, 3.05) is 20.7 Å². The number of hydrogen-bond donors (Lipinski definition) is 1. The Hall–Kier alpha value is -1.56. The first-order chi connectivity index (χ1) is 8.45. The molecule has 0 aliphatic carbocycles. The van der Waals surface area contributed by atoms with Crippen LogP contribution in [0.4, 0.5) is 0 Å². The molecule has 0 spiro atoms. The molecular weight excluding hydrogens is 300 g/mol. The van der Waals surface area contributed by atoms with Crippen LogP contribution < -0.4 is 10.5 Å². The zero-order valence-electron chi connectivity index (χ0n) is 10.3. The summed E-state index contributed by atoms with van der Waals surface area (Å²) in [4.78, 5) is 23.3. The van der Waals surface area contributed by atoms with Crippen LogP contribution in [-0.4, -0.2) is 37.4 Å². The smallest absolute Gasteiger partial charge is 0.311 e. The van der Waals surface area contributed by atoms with Gasteiger partial charge in [-0.25, -0.2) is 0 Å². The standard InChI is InChI=1S/C12H15BrN2O3/c1-15(12(17)11(14)16)6-5-8-7-9(13)3-4-10(8)18-2/h3-4,7H,5-6H2,1-2H3,(H2,14,16). The van der Waals surface area contributed by atoms with Crippen LogP contribution in [0.25, 0.3) is 0 Å². The number of methoxy groups -OCH3 is 1. The summed E-state index contributed by atoms with van der Waals surface area (Å²) in [6, 6.07) is 5.64. The molecule has 0 aliphatic heterocycles. The number of carbonyl (C=O) groups excluding carboxylic acids is 2. The third-order valence-corrected chi connectivity index (χ3v) is 3.01. The number of primary amides is 1. The summed E-state index contributed by atoms with van der Waals surface area (Å²) in [5.74, 6) is -0.888. The van der Waals surface area contributed by atoms with E-state index in [0.29, 0.717) is 13.0 Å². The minimum absolute atomic E-state index is 0.397. The van der Waals surface area contributed by atoms with Crippen molar-refractivity contribution in [3.8, 4) is 5.75 Å². The Labute approximate surface area is 114 Å². The molecule has 5 nitrogen and oxygen atoms in total. The fraction of sp³-hybridized carbons (Fsp3) is 0.333. The molecule has 0 fully saturated rings. The van der Waals surface area contributed by atoms with Crippen LogP contribution in [0.3, 0.4) is 0 Å². The summed E-state index contributed by atoms with van der Waals surface area (Å²) in [6.45, 7) is 0.397. The van der Waals surface area contributed by atoms with Crippen LogP contribution in [0.5, 0.6) is 5.75 Å². The summed E-state index contributed by atoms with van der Waals surface area (Å²) in [6.07, 6.45) is 0.581. The summed E-state index contributed by atoms with van der Waals surface area (Å²) >= 11 is 3.37. The molecule has 2 amide bonds. The number of likely N-dealkylation sites (N-methyl/N-ethyl adjacent to an activating group) is 1. The Morgan fingerprint density at radius 1 is 1.44 bits per heavy atom. The number of nitrogens with two attached hydrogens (primary N) is 1. The van der Waals surface area contributed by atoms with Gasteiger partial charge in [0, 0.05) is 18.1 Å². The van der Waals surface area contributed by atoms with Gasteiger partial charge in [0.2, 0.25) is 0 Å². The fourth-order valence-corrected chi connectivity index (χ4v) is 1.93. The highest BCUT2D eigenvalue weighted by atomic mass is 79.9. The van der Waals surface area contributed by atoms with Crippen LogP contribution in [-0.2, 0) is 16.0 Å². The van der Waals surface area contributed by atoms with Gasteiger partial charge in [-0.05, 0) is 30.2 Å². The zero-order valence-corrected chi connectivity index (χ0v) is 11.9. The highest BCUT2D eigenvalue weighted by Gasteiger charge is 2.15. The van der Waals surface area contributed by atoms with Gasteiger partial charge in [0.1, 0.15) is 5.75 Å². The normalized spacial score (nSPS) is 9.94. The first kappa shape index (κ1) is 14.5. The van der Waals surface area contributed by atoms with Gasteiger partial charge < -0.3 is 15.4 Å². The molecule has 0 aliphatic rings. The molecule has 1 aromatic carbocycles. The Balaban J connectivity index is 2.71. The van der Waals surface area contributed by atoms with Crippen molar-refractivity contribution in [1.29, 1.82) is 0 Å². The highest BCUT2D eigenvalue weighted by molar-refractivity contribution is 9.10. The molecule has 1 rings (SSSR count). The van der Waals surface area contributed by atoms with E-state index in [-0.39, 0.29) is 0 Å². The third kappa shape index (κ3) is 3.73. The van der Waals surface area contributed by atoms with E-state index in [1.165, 1.54) is 11.9 Å². The molecule has 0 radical (unpaired) electrons. The molecule has 98 valence electrons. The second-order valence-electron chi connectivity index (χ2n) is 3.80. The lowest BCUT2D eigenvalue weighted by molar-refractivity contribution is -0.143. The number of carbonyl (C=O) groups is 2. The van der Waals surface area contributed by atoms with Gasteiger partial charge in [-0.3, -0.25) is 9.59 Å². The van der Waals surface area contributed by atoms with Gasteiger partial charge in [-0.2, -0.15) is 0 Å². The number of nitrogens with zero attached hydrogens (tertiary/aromatic N) is 1. The molecule has 0 unspecified atom stereocenters. The predicted octanol–water partition coefficient (Wildman–Crippen LogP) is 0.944. The molecular formula is C12H15BrN2O3. The van der Waals surface area contributed by atoms with E-state index in [4.69, 9.17) is 10.5 Å². The van der Waals surface area contributed by atoms with Gasteiger partial charge in [0.25, 0.3) is 0 Å². The molecule has 0 saturated carbocycles. The molecule has 0 aromatic heterocycles. The summed E-state index contributed by atoms with van der Waals surface area (Å²) in [7, 11) is 3.13. The Kier molecular flexibility index (Phi) is 5.15. The lowest BCUT2D eigenvalue weighted by Gasteiger charge is -2.16. The molecule has 0 bridgehead atoms. The zero-order chi connectivity index (χ0) is 13.7. The molecule has 18 heavy (non-hydrogen) atoms. The summed E-state index contributed by atoms with van der Waals surface area (Å²) in [5, 5.41) is 0. The number of benzene rings is 1. The first-order valence-corrected chi connectivity index (χ1v) is 6.12. The maximum atomic E-state index is 11.3. The average Bonchev–Trinajstić information content (AvgIpc) is 2.35. The minimum atomic E-state index is -0.946. The molecule has 6 heteroatoms. The average molecular weight is 315 g/mol. The number of hydrogen-bond acceptors (Lipinski definition) is 3. The largest absolute Gasteiger partial charge is 0.496 e. The van der Waals surface area contributed by atoms with Gasteiger partial charge in [0.05, 0.1) is 7.11 Å². The lowest BCUT2D eigenvalue weighted by Crippen LogP contribution is -2.38. The molecule has 2 N–H and O–H groups in total. The van der Waals surface area contributed by atoms with E-state index in [1.807, 2.05) is 18.2 Å². The van der Waals surface area contributed by atoms with E-state index in [0.717, 1.165) is 15.8 Å². The Bertz CT molecular complexity index is 463. The van der Waals surface area contributed by atoms with E-state index >= 15 is 0 Å². The number of ether oxygens (including phenoxy) is 1. The fourth-order valence-electron chi connectivity index (χ4n) is 1.52. The lowest BCUT2D eigenvalue weighted by atomic mass is 10.1. The highest BCUT2D eigenvalue weighted by Crippen LogP contribution is 2.23. The van der Waals surface area contributed by atoms with Crippen molar-refractivity contribution in [3.63, 3.8) is 0 Å². The monoisotopic (exact) mass is 314 g/mol. The van der Waals surface area contributed by atoms with Crippen molar-refractivity contribution >= 4 is 27.7 Å². The van der Waals surface area contributed by atoms with E-state index in [2.05, 4.69) is 15.9 Å². The van der Waals surface area contributed by atoms with Crippen molar-refractivity contribution in [3.05, 3.63) is 28.2 Å².